The molecule has 0 aliphatic heterocycles. The molecule has 0 saturated carbocycles. The molecule has 11 nitrogen and oxygen atoms in total. The highest BCUT2D eigenvalue weighted by Crippen LogP contribution is 2.25. The molecule has 4 rings (SSSR count). The predicted molar refractivity (Wildman–Crippen MR) is 141 cm³/mol. The van der Waals surface area contributed by atoms with E-state index in [9.17, 15) is 9.59 Å². The highest BCUT2D eigenvalue weighted by atomic mass is 32.2. The number of aromatic nitrogens is 5. The first-order chi connectivity index (χ1) is 17.9. The number of methoxy groups -OCH3 is 2. The summed E-state index contributed by atoms with van der Waals surface area (Å²) in [4.78, 5) is 25.4. The summed E-state index contributed by atoms with van der Waals surface area (Å²) in [5.74, 6) is 1.06. The molecule has 0 radical (unpaired) electrons. The van der Waals surface area contributed by atoms with E-state index in [-0.39, 0.29) is 24.1 Å². The monoisotopic (exact) mass is 539 g/mol. The first-order valence-corrected chi connectivity index (χ1v) is 12.9. The lowest BCUT2D eigenvalue weighted by Gasteiger charge is -2.12. The zero-order chi connectivity index (χ0) is 26.4. The van der Waals surface area contributed by atoms with Gasteiger partial charge in [0.15, 0.2) is 11.0 Å². The van der Waals surface area contributed by atoms with Gasteiger partial charge >= 0.3 is 0 Å². The second-order valence-electron chi connectivity index (χ2n) is 7.82. The van der Waals surface area contributed by atoms with Crippen LogP contribution in [-0.4, -0.2) is 56.7 Å². The predicted octanol–water partition coefficient (Wildman–Crippen LogP) is 3.41. The Morgan fingerprint density at radius 2 is 1.76 bits per heavy atom. The van der Waals surface area contributed by atoms with Crippen molar-refractivity contribution in [2.75, 3.05) is 25.3 Å². The number of nitrogens with zero attached hydrogens (tertiary/aromatic N) is 5. The summed E-state index contributed by atoms with van der Waals surface area (Å²) in [6.07, 6.45) is 0. The van der Waals surface area contributed by atoms with Gasteiger partial charge in [0.25, 0.3) is 5.91 Å². The van der Waals surface area contributed by atoms with Crippen molar-refractivity contribution in [3.63, 3.8) is 0 Å². The van der Waals surface area contributed by atoms with E-state index in [0.29, 0.717) is 33.2 Å². The lowest BCUT2D eigenvalue weighted by Crippen LogP contribution is -2.24. The van der Waals surface area contributed by atoms with Crippen molar-refractivity contribution in [3.05, 3.63) is 64.4 Å². The molecule has 0 aliphatic carbocycles. The highest BCUT2D eigenvalue weighted by molar-refractivity contribution is 7.99. The lowest BCUT2D eigenvalue weighted by atomic mass is 10.2. The average molecular weight is 540 g/mol. The molecule has 0 bridgehead atoms. The van der Waals surface area contributed by atoms with Gasteiger partial charge in [-0.25, -0.2) is 0 Å². The minimum absolute atomic E-state index is 0.0958. The van der Waals surface area contributed by atoms with Gasteiger partial charge in [-0.1, -0.05) is 35.2 Å². The molecular formula is C24H25N7O4S2. The summed E-state index contributed by atoms with van der Waals surface area (Å²) in [7, 11) is 3.05. The van der Waals surface area contributed by atoms with Crippen LogP contribution in [-0.2, 0) is 11.3 Å². The molecule has 0 aliphatic rings. The summed E-state index contributed by atoms with van der Waals surface area (Å²) in [5, 5.41) is 23.7. The van der Waals surface area contributed by atoms with Crippen molar-refractivity contribution in [2.24, 2.45) is 0 Å². The van der Waals surface area contributed by atoms with E-state index in [4.69, 9.17) is 9.47 Å². The van der Waals surface area contributed by atoms with Crippen LogP contribution in [0.25, 0.3) is 5.69 Å². The Balaban J connectivity index is 1.52. The Bertz CT molecular complexity index is 1400. The maximum absolute atomic E-state index is 12.9. The average Bonchev–Trinajstić information content (AvgIpc) is 3.50. The zero-order valence-corrected chi connectivity index (χ0v) is 22.3. The van der Waals surface area contributed by atoms with Crippen molar-refractivity contribution >= 4 is 40.0 Å². The largest absolute Gasteiger partial charge is 0.497 e. The topological polar surface area (TPSA) is 133 Å². The first kappa shape index (κ1) is 26.1. The second kappa shape index (κ2) is 11.8. The molecule has 2 aromatic heterocycles. The summed E-state index contributed by atoms with van der Waals surface area (Å²) >= 11 is 2.53. The maximum Gasteiger partial charge on any atom is 0.251 e. The van der Waals surface area contributed by atoms with Gasteiger partial charge in [-0.05, 0) is 43.7 Å². The van der Waals surface area contributed by atoms with Gasteiger partial charge in [-0.3, -0.25) is 19.5 Å². The van der Waals surface area contributed by atoms with E-state index in [0.717, 1.165) is 16.3 Å². The van der Waals surface area contributed by atoms with E-state index >= 15 is 0 Å². The molecule has 2 N–H and O–H groups in total. The smallest absolute Gasteiger partial charge is 0.251 e. The lowest BCUT2D eigenvalue weighted by molar-refractivity contribution is -0.113. The Hall–Kier alpha value is -3.97. The highest BCUT2D eigenvalue weighted by Gasteiger charge is 2.18. The van der Waals surface area contributed by atoms with Gasteiger partial charge in [0, 0.05) is 17.3 Å². The van der Waals surface area contributed by atoms with Crippen LogP contribution in [0.1, 0.15) is 26.8 Å². The fraction of sp³-hybridized carbons (Fsp3) is 0.250. The SMILES string of the molecule is COc1cc(OC)cc(C(=O)NCc2nnc(SCC(=O)Nc3nnc(C)s3)n2-c2cccc(C)c2)c1. The number of anilines is 1. The molecule has 13 heteroatoms. The number of hydrogen-bond acceptors (Lipinski definition) is 10. The molecule has 2 amide bonds. The number of rotatable bonds is 10. The number of hydrogen-bond donors (Lipinski definition) is 2. The zero-order valence-electron chi connectivity index (χ0n) is 20.6. The van der Waals surface area contributed by atoms with Crippen molar-refractivity contribution in [2.45, 2.75) is 25.5 Å². The minimum atomic E-state index is -0.322. The maximum atomic E-state index is 12.9. The van der Waals surface area contributed by atoms with E-state index in [1.165, 1.54) is 37.3 Å². The fourth-order valence-corrected chi connectivity index (χ4v) is 4.75. The van der Waals surface area contributed by atoms with Crippen LogP contribution < -0.4 is 20.1 Å². The molecule has 0 fully saturated rings. The normalized spacial score (nSPS) is 10.7. The van der Waals surface area contributed by atoms with Crippen LogP contribution in [0.2, 0.25) is 0 Å². The van der Waals surface area contributed by atoms with E-state index in [1.54, 1.807) is 18.2 Å². The van der Waals surface area contributed by atoms with Crippen LogP contribution in [0.5, 0.6) is 11.5 Å². The molecule has 0 atom stereocenters. The van der Waals surface area contributed by atoms with Gasteiger partial charge in [0.2, 0.25) is 11.0 Å². The Morgan fingerprint density at radius 1 is 1.00 bits per heavy atom. The van der Waals surface area contributed by atoms with Gasteiger partial charge in [0.05, 0.1) is 26.5 Å². The molecule has 2 aromatic carbocycles. The summed E-state index contributed by atoms with van der Waals surface area (Å²) in [6, 6.07) is 12.8. The van der Waals surface area contributed by atoms with Crippen LogP contribution in [0.15, 0.2) is 47.6 Å². The molecule has 2 heterocycles. The molecule has 0 saturated heterocycles. The van der Waals surface area contributed by atoms with Crippen molar-refractivity contribution in [1.82, 2.24) is 30.3 Å². The number of ether oxygens (including phenoxy) is 2. The first-order valence-electron chi connectivity index (χ1n) is 11.1. The fourth-order valence-electron chi connectivity index (χ4n) is 3.37. The second-order valence-corrected chi connectivity index (χ2v) is 9.94. The number of amides is 2. The molecule has 0 spiro atoms. The summed E-state index contributed by atoms with van der Waals surface area (Å²) < 4.78 is 12.3. The van der Waals surface area contributed by atoms with E-state index < -0.39 is 0 Å². The molecular weight excluding hydrogens is 514 g/mol. The molecule has 37 heavy (non-hydrogen) atoms. The van der Waals surface area contributed by atoms with Gasteiger partial charge in [0.1, 0.15) is 16.5 Å². The van der Waals surface area contributed by atoms with E-state index in [1.807, 2.05) is 42.7 Å². The minimum Gasteiger partial charge on any atom is -0.497 e. The van der Waals surface area contributed by atoms with Gasteiger partial charge < -0.3 is 14.8 Å². The van der Waals surface area contributed by atoms with Crippen molar-refractivity contribution in [1.29, 1.82) is 0 Å². The van der Waals surface area contributed by atoms with Gasteiger partial charge in [-0.2, -0.15) is 0 Å². The summed E-state index contributed by atoms with van der Waals surface area (Å²) in [5.41, 5.74) is 2.25. The number of nitrogens with one attached hydrogen (secondary N) is 2. The Morgan fingerprint density at radius 3 is 2.41 bits per heavy atom. The van der Waals surface area contributed by atoms with Crippen molar-refractivity contribution in [3.8, 4) is 17.2 Å². The number of aryl methyl sites for hydroxylation is 2. The number of thioether (sulfide) groups is 1. The molecule has 192 valence electrons. The van der Waals surface area contributed by atoms with Crippen LogP contribution in [0.3, 0.4) is 0 Å². The van der Waals surface area contributed by atoms with Crippen LogP contribution in [0.4, 0.5) is 5.13 Å². The molecule has 4 aromatic rings. The standard InChI is InChI=1S/C24H25N7O4S2/c1-14-6-5-7-17(8-14)31-20(12-25-22(33)16-9-18(34-3)11-19(10-16)35-4)28-30-24(31)36-13-21(32)26-23-29-27-15(2)37-23/h5-11H,12-13H2,1-4H3,(H,25,33)(H,26,29,32). The number of benzene rings is 2. The third-order valence-electron chi connectivity index (χ3n) is 5.09. The van der Waals surface area contributed by atoms with Crippen LogP contribution in [0, 0.1) is 13.8 Å². The third kappa shape index (κ3) is 6.62. The Labute approximate surface area is 221 Å². The number of carbonyl (C=O) groups excluding carboxylic acids is 2. The van der Waals surface area contributed by atoms with Crippen molar-refractivity contribution < 1.29 is 19.1 Å². The van der Waals surface area contributed by atoms with Crippen LogP contribution >= 0.6 is 23.1 Å². The third-order valence-corrected chi connectivity index (χ3v) is 6.77. The number of carbonyl (C=O) groups is 2. The van der Waals surface area contributed by atoms with Gasteiger partial charge in [-0.15, -0.1) is 20.4 Å². The Kier molecular flexibility index (Phi) is 8.36. The quantitative estimate of drug-likeness (QED) is 0.291. The molecule has 0 unspecified atom stereocenters. The summed E-state index contributed by atoms with van der Waals surface area (Å²) in [6.45, 7) is 3.91. The van der Waals surface area contributed by atoms with E-state index in [2.05, 4.69) is 31.0 Å².